The highest BCUT2D eigenvalue weighted by molar-refractivity contribution is 7.80. The summed E-state index contributed by atoms with van der Waals surface area (Å²) in [6.07, 6.45) is 1.44. The summed E-state index contributed by atoms with van der Waals surface area (Å²) in [5.41, 5.74) is 5.63. The summed E-state index contributed by atoms with van der Waals surface area (Å²) in [5, 5.41) is 2.71. The third-order valence-electron chi connectivity index (χ3n) is 2.57. The van der Waals surface area contributed by atoms with Gasteiger partial charge in [-0.05, 0) is 18.2 Å². The topological polar surface area (TPSA) is 60.2 Å². The van der Waals surface area contributed by atoms with E-state index in [0.29, 0.717) is 11.6 Å². The summed E-state index contributed by atoms with van der Waals surface area (Å²) in [7, 11) is 1.49. The molecule has 0 atom stereocenters. The van der Waals surface area contributed by atoms with Crippen molar-refractivity contribution in [3.63, 3.8) is 0 Å². The summed E-state index contributed by atoms with van der Waals surface area (Å²) in [6.45, 7) is 0. The fourth-order valence-corrected chi connectivity index (χ4v) is 1.72. The van der Waals surface area contributed by atoms with Crippen LogP contribution in [-0.4, -0.2) is 17.1 Å². The Hall–Kier alpha value is -2.28. The standard InChI is InChI=1S/C13H11F2N3OS/c1-19-10-5-2-7(6-17-10)18-9-4-3-8(13(16)20)11(14)12(9)15/h2-6,18H,1H3,(H2,16,20). The number of nitrogens with zero attached hydrogens (tertiary/aromatic N) is 1. The van der Waals surface area contributed by atoms with Crippen LogP contribution in [0.2, 0.25) is 0 Å². The van der Waals surface area contributed by atoms with Crippen molar-refractivity contribution in [2.45, 2.75) is 0 Å². The zero-order valence-corrected chi connectivity index (χ0v) is 11.3. The Morgan fingerprint density at radius 1 is 1.25 bits per heavy atom. The average Bonchev–Trinajstić information content (AvgIpc) is 2.44. The minimum atomic E-state index is -1.08. The van der Waals surface area contributed by atoms with Crippen LogP contribution < -0.4 is 15.8 Å². The third-order valence-corrected chi connectivity index (χ3v) is 2.79. The molecule has 0 amide bonds. The van der Waals surface area contributed by atoms with E-state index in [0.717, 1.165) is 0 Å². The lowest BCUT2D eigenvalue weighted by molar-refractivity contribution is 0.398. The van der Waals surface area contributed by atoms with Crippen LogP contribution in [0.4, 0.5) is 20.2 Å². The van der Waals surface area contributed by atoms with Crippen molar-refractivity contribution in [2.24, 2.45) is 5.73 Å². The van der Waals surface area contributed by atoms with Gasteiger partial charge in [0.1, 0.15) is 4.99 Å². The number of nitrogens with two attached hydrogens (primary N) is 1. The molecular weight excluding hydrogens is 284 g/mol. The maximum absolute atomic E-state index is 13.9. The quantitative estimate of drug-likeness (QED) is 0.849. The smallest absolute Gasteiger partial charge is 0.213 e. The van der Waals surface area contributed by atoms with Crippen LogP contribution in [0.5, 0.6) is 5.88 Å². The predicted molar refractivity (Wildman–Crippen MR) is 76.3 cm³/mol. The number of halogens is 2. The molecule has 0 unspecified atom stereocenters. The number of aromatic nitrogens is 1. The number of ether oxygens (including phenoxy) is 1. The fraction of sp³-hybridized carbons (Fsp3) is 0.0769. The van der Waals surface area contributed by atoms with Crippen molar-refractivity contribution in [3.05, 3.63) is 47.7 Å². The van der Waals surface area contributed by atoms with Crippen LogP contribution in [-0.2, 0) is 0 Å². The molecule has 0 bridgehead atoms. The van der Waals surface area contributed by atoms with E-state index in [1.165, 1.54) is 25.4 Å². The molecule has 1 aromatic carbocycles. The van der Waals surface area contributed by atoms with Crippen molar-refractivity contribution in [2.75, 3.05) is 12.4 Å². The lowest BCUT2D eigenvalue weighted by atomic mass is 10.1. The van der Waals surface area contributed by atoms with Gasteiger partial charge in [0.2, 0.25) is 5.88 Å². The highest BCUT2D eigenvalue weighted by atomic mass is 32.1. The van der Waals surface area contributed by atoms with E-state index in [-0.39, 0.29) is 16.2 Å². The van der Waals surface area contributed by atoms with Crippen LogP contribution in [0.1, 0.15) is 5.56 Å². The highest BCUT2D eigenvalue weighted by Gasteiger charge is 2.15. The lowest BCUT2D eigenvalue weighted by Crippen LogP contribution is -2.13. The summed E-state index contributed by atoms with van der Waals surface area (Å²) in [6, 6.07) is 5.90. The van der Waals surface area contributed by atoms with Gasteiger partial charge in [0.05, 0.1) is 24.7 Å². The Labute approximate surface area is 119 Å². The van der Waals surface area contributed by atoms with Gasteiger partial charge in [0.25, 0.3) is 0 Å². The van der Waals surface area contributed by atoms with Gasteiger partial charge in [-0.3, -0.25) is 0 Å². The molecule has 0 saturated heterocycles. The number of pyridine rings is 1. The second kappa shape index (κ2) is 5.79. The van der Waals surface area contributed by atoms with E-state index in [4.69, 9.17) is 10.5 Å². The summed E-state index contributed by atoms with van der Waals surface area (Å²) < 4.78 is 32.5. The second-order valence-corrected chi connectivity index (χ2v) is 4.31. The molecule has 3 N–H and O–H groups in total. The van der Waals surface area contributed by atoms with Gasteiger partial charge in [-0.1, -0.05) is 12.2 Å². The van der Waals surface area contributed by atoms with Gasteiger partial charge >= 0.3 is 0 Å². The molecule has 1 aromatic heterocycles. The second-order valence-electron chi connectivity index (χ2n) is 3.87. The Morgan fingerprint density at radius 3 is 2.55 bits per heavy atom. The summed E-state index contributed by atoms with van der Waals surface area (Å²) in [5.74, 6) is -1.71. The number of nitrogens with one attached hydrogen (secondary N) is 1. The molecular formula is C13H11F2N3OS. The SMILES string of the molecule is COc1ccc(Nc2ccc(C(N)=S)c(F)c2F)cn1. The van der Waals surface area contributed by atoms with E-state index in [9.17, 15) is 8.78 Å². The summed E-state index contributed by atoms with van der Waals surface area (Å²) in [4.78, 5) is 3.75. The van der Waals surface area contributed by atoms with E-state index in [1.807, 2.05) is 0 Å². The van der Waals surface area contributed by atoms with Gasteiger partial charge < -0.3 is 15.8 Å². The number of methoxy groups -OCH3 is 1. The Balaban J connectivity index is 2.29. The average molecular weight is 295 g/mol. The number of hydrogen-bond acceptors (Lipinski definition) is 4. The maximum Gasteiger partial charge on any atom is 0.213 e. The number of benzene rings is 1. The van der Waals surface area contributed by atoms with Crippen LogP contribution in [0.3, 0.4) is 0 Å². The summed E-state index contributed by atoms with van der Waals surface area (Å²) >= 11 is 4.64. The van der Waals surface area contributed by atoms with E-state index >= 15 is 0 Å². The predicted octanol–water partition coefficient (Wildman–Crippen LogP) is 2.75. The fourth-order valence-electron chi connectivity index (χ4n) is 1.57. The molecule has 0 aliphatic heterocycles. The Bertz CT molecular complexity index is 647. The Morgan fingerprint density at radius 2 is 2.00 bits per heavy atom. The first kappa shape index (κ1) is 14.1. The molecule has 2 rings (SSSR count). The first-order valence-electron chi connectivity index (χ1n) is 5.57. The van der Waals surface area contributed by atoms with Gasteiger partial charge in [0.15, 0.2) is 11.6 Å². The minimum Gasteiger partial charge on any atom is -0.481 e. The monoisotopic (exact) mass is 295 g/mol. The van der Waals surface area contributed by atoms with Gasteiger partial charge in [-0.25, -0.2) is 13.8 Å². The number of anilines is 2. The van der Waals surface area contributed by atoms with Crippen molar-refractivity contribution in [1.82, 2.24) is 4.98 Å². The van der Waals surface area contributed by atoms with Crippen molar-refractivity contribution in [1.29, 1.82) is 0 Å². The van der Waals surface area contributed by atoms with Crippen LogP contribution in [0.15, 0.2) is 30.5 Å². The molecule has 0 aliphatic carbocycles. The lowest BCUT2D eigenvalue weighted by Gasteiger charge is -2.10. The molecule has 0 radical (unpaired) electrons. The zero-order chi connectivity index (χ0) is 14.7. The van der Waals surface area contributed by atoms with Crippen molar-refractivity contribution in [3.8, 4) is 5.88 Å². The molecule has 1 heterocycles. The largest absolute Gasteiger partial charge is 0.481 e. The third kappa shape index (κ3) is 2.83. The number of rotatable bonds is 4. The first-order valence-corrected chi connectivity index (χ1v) is 5.98. The molecule has 2 aromatic rings. The van der Waals surface area contributed by atoms with Gasteiger partial charge in [-0.15, -0.1) is 0 Å². The normalized spacial score (nSPS) is 10.2. The molecule has 4 nitrogen and oxygen atoms in total. The molecule has 0 spiro atoms. The van der Waals surface area contributed by atoms with Crippen molar-refractivity contribution < 1.29 is 13.5 Å². The number of hydrogen-bond donors (Lipinski definition) is 2. The maximum atomic E-state index is 13.9. The minimum absolute atomic E-state index is 0.0329. The van der Waals surface area contributed by atoms with Crippen LogP contribution in [0, 0.1) is 11.6 Å². The van der Waals surface area contributed by atoms with E-state index in [2.05, 4.69) is 22.5 Å². The molecule has 0 aliphatic rings. The molecule has 0 fully saturated rings. The molecule has 0 saturated carbocycles. The van der Waals surface area contributed by atoms with E-state index < -0.39 is 11.6 Å². The van der Waals surface area contributed by atoms with Crippen molar-refractivity contribution >= 4 is 28.6 Å². The van der Waals surface area contributed by atoms with Gasteiger partial charge in [-0.2, -0.15) is 0 Å². The van der Waals surface area contributed by atoms with Crippen LogP contribution >= 0.6 is 12.2 Å². The zero-order valence-electron chi connectivity index (χ0n) is 10.5. The van der Waals surface area contributed by atoms with Gasteiger partial charge in [0, 0.05) is 11.6 Å². The molecule has 7 heteroatoms. The van der Waals surface area contributed by atoms with Crippen LogP contribution in [0.25, 0.3) is 0 Å². The highest BCUT2D eigenvalue weighted by Crippen LogP contribution is 2.24. The molecule has 20 heavy (non-hydrogen) atoms. The number of thiocarbonyl (C=S) groups is 1. The van der Waals surface area contributed by atoms with E-state index in [1.54, 1.807) is 12.1 Å². The molecule has 104 valence electrons. The first-order chi connectivity index (χ1) is 9.52. The Kier molecular flexibility index (Phi) is 4.09.